The number of hydrogen-bond donors (Lipinski definition) is 2. The minimum atomic E-state index is -0.711. The largest absolute Gasteiger partial charge is 0.394 e. The van der Waals surface area contributed by atoms with Crippen LogP contribution in [0.4, 0.5) is 4.39 Å². The van der Waals surface area contributed by atoms with Crippen molar-refractivity contribution < 1.29 is 14.3 Å². The number of amides is 1. The van der Waals surface area contributed by atoms with Crippen LogP contribution in [-0.4, -0.2) is 27.2 Å². The van der Waals surface area contributed by atoms with Crippen LogP contribution >= 0.6 is 0 Å². The summed E-state index contributed by atoms with van der Waals surface area (Å²) in [5.41, 5.74) is 5.82. The van der Waals surface area contributed by atoms with Crippen molar-refractivity contribution in [1.29, 1.82) is 0 Å². The normalized spacial score (nSPS) is 12.3. The molecule has 2 rings (SSSR count). The molecule has 1 radical (unpaired) electrons. The molecule has 0 fully saturated rings. The van der Waals surface area contributed by atoms with Gasteiger partial charge in [0.05, 0.1) is 12.6 Å². The highest BCUT2D eigenvalue weighted by molar-refractivity contribution is 5.89. The number of imidazole rings is 1. The number of hydrogen-bond acceptors (Lipinski definition) is 3. The molecule has 1 aromatic carbocycles. The third-order valence-corrected chi connectivity index (χ3v) is 2.60. The molecule has 0 aliphatic rings. The van der Waals surface area contributed by atoms with Gasteiger partial charge < -0.3 is 15.4 Å². The number of aliphatic hydroxyl groups excluding tert-OH is 1. The summed E-state index contributed by atoms with van der Waals surface area (Å²) in [5.74, 6) is -1.09. The molecule has 0 aliphatic carbocycles. The summed E-state index contributed by atoms with van der Waals surface area (Å²) in [4.78, 5) is 14.9. The van der Waals surface area contributed by atoms with Crippen LogP contribution in [0.2, 0.25) is 0 Å². The van der Waals surface area contributed by atoms with E-state index < -0.39 is 11.9 Å². The molecule has 1 amide bonds. The Hall–Kier alpha value is -2.21. The first-order valence-electron chi connectivity index (χ1n) is 5.24. The number of carbonyl (C=O) groups is 1. The highest BCUT2D eigenvalue weighted by Gasteiger charge is 2.18. The van der Waals surface area contributed by atoms with E-state index in [2.05, 4.69) is 11.2 Å². The van der Waals surface area contributed by atoms with Gasteiger partial charge in [-0.2, -0.15) is 0 Å². The number of nitrogens with two attached hydrogens (primary N) is 1. The van der Waals surface area contributed by atoms with E-state index in [1.807, 2.05) is 0 Å². The Labute approximate surface area is 103 Å². The van der Waals surface area contributed by atoms with Gasteiger partial charge in [-0.3, -0.25) is 4.79 Å². The fourth-order valence-corrected chi connectivity index (χ4v) is 1.73. The van der Waals surface area contributed by atoms with Gasteiger partial charge in [-0.25, -0.2) is 9.37 Å². The van der Waals surface area contributed by atoms with Gasteiger partial charge in [0.25, 0.3) is 5.91 Å². The van der Waals surface area contributed by atoms with Crippen LogP contribution in [0.25, 0.3) is 0 Å². The first-order chi connectivity index (χ1) is 8.63. The second-order valence-corrected chi connectivity index (χ2v) is 3.72. The van der Waals surface area contributed by atoms with Crippen LogP contribution in [0.1, 0.15) is 22.2 Å². The number of aromatic nitrogens is 2. The molecule has 1 heterocycles. The van der Waals surface area contributed by atoms with Gasteiger partial charge in [-0.05, 0) is 17.7 Å². The van der Waals surface area contributed by atoms with Crippen molar-refractivity contribution in [1.82, 2.24) is 9.55 Å². The molecule has 0 saturated carbocycles. The highest BCUT2D eigenvalue weighted by Crippen LogP contribution is 2.19. The predicted octanol–water partition coefficient (Wildman–Crippen LogP) is 0.503. The molecule has 0 unspecified atom stereocenters. The number of nitrogens with zero attached hydrogens (tertiary/aromatic N) is 2. The summed E-state index contributed by atoms with van der Waals surface area (Å²) < 4.78 is 14.3. The monoisotopic (exact) mass is 248 g/mol. The van der Waals surface area contributed by atoms with E-state index in [1.54, 1.807) is 0 Å². The fraction of sp³-hybridized carbons (Fsp3) is 0.167. The van der Waals surface area contributed by atoms with Crippen LogP contribution in [0, 0.1) is 12.0 Å². The van der Waals surface area contributed by atoms with E-state index in [-0.39, 0.29) is 18.2 Å². The maximum Gasteiger partial charge on any atom is 0.284 e. The minimum absolute atomic E-state index is 0.00150. The predicted molar refractivity (Wildman–Crippen MR) is 61.2 cm³/mol. The van der Waals surface area contributed by atoms with Crippen LogP contribution in [-0.2, 0) is 0 Å². The van der Waals surface area contributed by atoms with E-state index >= 15 is 0 Å². The number of benzene rings is 1. The third kappa shape index (κ3) is 2.23. The van der Waals surface area contributed by atoms with Crippen LogP contribution in [0.5, 0.6) is 0 Å². The lowest BCUT2D eigenvalue weighted by molar-refractivity contribution is 0.0983. The molecule has 2 aromatic rings. The molecule has 0 spiro atoms. The molecule has 0 aliphatic heterocycles. The molecule has 0 bridgehead atoms. The van der Waals surface area contributed by atoms with E-state index in [9.17, 15) is 14.3 Å². The van der Waals surface area contributed by atoms with Crippen LogP contribution in [0.3, 0.4) is 0 Å². The van der Waals surface area contributed by atoms with Gasteiger partial charge in [-0.1, -0.05) is 12.1 Å². The topological polar surface area (TPSA) is 81.1 Å². The smallest absolute Gasteiger partial charge is 0.284 e. The summed E-state index contributed by atoms with van der Waals surface area (Å²) in [7, 11) is 0. The molecule has 18 heavy (non-hydrogen) atoms. The molecule has 5 nitrogen and oxygen atoms in total. The molecule has 93 valence electrons. The number of aliphatic hydroxyl groups is 1. The van der Waals surface area contributed by atoms with E-state index in [4.69, 9.17) is 5.73 Å². The van der Waals surface area contributed by atoms with Gasteiger partial charge >= 0.3 is 0 Å². The summed E-state index contributed by atoms with van der Waals surface area (Å²) in [5, 5.41) is 9.42. The Balaban J connectivity index is 2.42. The molecule has 6 heteroatoms. The van der Waals surface area contributed by atoms with Crippen molar-refractivity contribution in [3.63, 3.8) is 0 Å². The summed E-state index contributed by atoms with van der Waals surface area (Å²) in [6.07, 6.45) is 3.92. The second kappa shape index (κ2) is 4.97. The second-order valence-electron chi connectivity index (χ2n) is 3.72. The Morgan fingerprint density at radius 3 is 2.72 bits per heavy atom. The van der Waals surface area contributed by atoms with Crippen LogP contribution < -0.4 is 5.73 Å². The fourth-order valence-electron chi connectivity index (χ4n) is 1.73. The van der Waals surface area contributed by atoms with Crippen molar-refractivity contribution in [3.05, 3.63) is 53.9 Å². The standard InChI is InChI=1S/C12H11FN3O2/c13-9-3-1-8(2-4-9)10(7-17)16-6-5-15-12(16)11(14)18/h1-4,6,10,17H,7H2,(H2,14,18)/t10-/m0/s1. The van der Waals surface area contributed by atoms with Gasteiger partial charge in [0.15, 0.2) is 5.82 Å². The number of primary amides is 1. The summed E-state index contributed by atoms with van der Waals surface area (Å²) >= 11 is 0. The van der Waals surface area contributed by atoms with Crippen molar-refractivity contribution in [2.24, 2.45) is 5.73 Å². The van der Waals surface area contributed by atoms with Crippen molar-refractivity contribution >= 4 is 5.91 Å². The lowest BCUT2D eigenvalue weighted by atomic mass is 10.1. The van der Waals surface area contributed by atoms with Crippen molar-refractivity contribution in [3.8, 4) is 0 Å². The van der Waals surface area contributed by atoms with Gasteiger partial charge in [0.2, 0.25) is 0 Å². The minimum Gasteiger partial charge on any atom is -0.394 e. The molecule has 1 atom stereocenters. The quantitative estimate of drug-likeness (QED) is 0.826. The zero-order valence-corrected chi connectivity index (χ0v) is 9.38. The Bertz CT molecular complexity index is 551. The SMILES string of the molecule is NC(=O)c1n[c]cn1[C@@H](CO)c1ccc(F)cc1. The third-order valence-electron chi connectivity index (χ3n) is 2.60. The maximum atomic E-state index is 12.8. The summed E-state index contributed by atoms with van der Waals surface area (Å²) in [6, 6.07) is 5.07. The highest BCUT2D eigenvalue weighted by atomic mass is 19.1. The Morgan fingerprint density at radius 1 is 1.50 bits per heavy atom. The summed E-state index contributed by atoms with van der Waals surface area (Å²) in [6.45, 7) is -0.268. The Morgan fingerprint density at radius 2 is 2.17 bits per heavy atom. The van der Waals surface area contributed by atoms with Crippen molar-refractivity contribution in [2.75, 3.05) is 6.61 Å². The van der Waals surface area contributed by atoms with Crippen LogP contribution in [0.15, 0.2) is 30.5 Å². The lowest BCUT2D eigenvalue weighted by Crippen LogP contribution is -2.23. The molecular formula is C12H11FN3O2. The first-order valence-corrected chi connectivity index (χ1v) is 5.24. The maximum absolute atomic E-state index is 12.8. The average molecular weight is 248 g/mol. The molecule has 1 aromatic heterocycles. The Kier molecular flexibility index (Phi) is 3.38. The lowest BCUT2D eigenvalue weighted by Gasteiger charge is -2.18. The zero-order chi connectivity index (χ0) is 13.1. The van der Waals surface area contributed by atoms with E-state index in [1.165, 1.54) is 35.0 Å². The molecular weight excluding hydrogens is 237 g/mol. The number of carbonyl (C=O) groups excluding carboxylic acids is 1. The number of rotatable bonds is 4. The first kappa shape index (κ1) is 12.3. The number of halogens is 1. The van der Waals surface area contributed by atoms with Gasteiger partial charge in [0, 0.05) is 6.20 Å². The van der Waals surface area contributed by atoms with Gasteiger partial charge in [0.1, 0.15) is 12.0 Å². The molecule has 3 N–H and O–H groups in total. The van der Waals surface area contributed by atoms with Crippen molar-refractivity contribution in [2.45, 2.75) is 6.04 Å². The van der Waals surface area contributed by atoms with E-state index in [0.29, 0.717) is 5.56 Å². The zero-order valence-electron chi connectivity index (χ0n) is 9.38. The van der Waals surface area contributed by atoms with E-state index in [0.717, 1.165) is 0 Å². The van der Waals surface area contributed by atoms with Gasteiger partial charge in [-0.15, -0.1) is 0 Å². The average Bonchev–Trinajstić information content (AvgIpc) is 2.82. The molecule has 0 saturated heterocycles.